The molecule has 0 aromatic carbocycles. The number of ether oxygens (including phenoxy) is 2. The van der Waals surface area contributed by atoms with Crippen LogP contribution >= 0.6 is 0 Å². The van der Waals surface area contributed by atoms with E-state index in [1.807, 2.05) is 0 Å². The van der Waals surface area contributed by atoms with Crippen LogP contribution in [0.4, 0.5) is 10.5 Å². The van der Waals surface area contributed by atoms with E-state index in [4.69, 9.17) is 9.47 Å². The molecule has 0 unspecified atom stereocenters. The van der Waals surface area contributed by atoms with Crippen LogP contribution in [0.15, 0.2) is 12.4 Å². The Labute approximate surface area is 94.5 Å². The number of nitrogens with one attached hydrogen (secondary N) is 1. The highest BCUT2D eigenvalue weighted by molar-refractivity contribution is 5.84. The Morgan fingerprint density at radius 1 is 1.62 bits per heavy atom. The van der Waals surface area contributed by atoms with Crippen LogP contribution in [0, 0.1) is 0 Å². The fourth-order valence-corrected chi connectivity index (χ4v) is 1.10. The summed E-state index contributed by atoms with van der Waals surface area (Å²) in [7, 11) is 1.63. The fourth-order valence-electron chi connectivity index (χ4n) is 1.10. The van der Waals surface area contributed by atoms with E-state index in [1.54, 1.807) is 38.0 Å². The summed E-state index contributed by atoms with van der Waals surface area (Å²) in [6.45, 7) is 4.82. The van der Waals surface area contributed by atoms with Crippen molar-refractivity contribution in [2.45, 2.75) is 26.5 Å². The molecule has 0 bridgehead atoms. The van der Waals surface area contributed by atoms with E-state index in [1.165, 1.54) is 0 Å². The number of amides is 1. The predicted molar refractivity (Wildman–Crippen MR) is 59.3 cm³/mol. The lowest BCUT2D eigenvalue weighted by Gasteiger charge is -2.07. The maximum Gasteiger partial charge on any atom is 0.411 e. The van der Waals surface area contributed by atoms with Gasteiger partial charge in [-0.15, -0.1) is 0 Å². The molecule has 0 aliphatic heterocycles. The number of rotatable bonds is 5. The van der Waals surface area contributed by atoms with Crippen molar-refractivity contribution >= 4 is 11.8 Å². The van der Waals surface area contributed by atoms with Crippen LogP contribution in [0.3, 0.4) is 0 Å². The molecule has 0 aliphatic rings. The van der Waals surface area contributed by atoms with Gasteiger partial charge >= 0.3 is 6.09 Å². The lowest BCUT2D eigenvalue weighted by Crippen LogP contribution is -2.17. The quantitative estimate of drug-likeness (QED) is 0.827. The second-order valence-electron chi connectivity index (χ2n) is 3.56. The van der Waals surface area contributed by atoms with Crippen LogP contribution in [0.1, 0.15) is 13.8 Å². The Morgan fingerprint density at radius 3 is 3.00 bits per heavy atom. The zero-order chi connectivity index (χ0) is 12.0. The Balaban J connectivity index is 2.42. The number of methoxy groups -OCH3 is 1. The fraction of sp³-hybridized carbons (Fsp3) is 0.600. The molecule has 1 heterocycles. The lowest BCUT2D eigenvalue weighted by atomic mass is 10.5. The lowest BCUT2D eigenvalue weighted by molar-refractivity contribution is 0.130. The Bertz CT molecular complexity index is 336. The van der Waals surface area contributed by atoms with Gasteiger partial charge in [-0.2, -0.15) is 5.10 Å². The average molecular weight is 227 g/mol. The maximum absolute atomic E-state index is 11.3. The molecule has 6 nitrogen and oxygen atoms in total. The van der Waals surface area contributed by atoms with Gasteiger partial charge in [0.25, 0.3) is 0 Å². The first-order chi connectivity index (χ1) is 7.61. The molecule has 0 fully saturated rings. The van der Waals surface area contributed by atoms with Crippen molar-refractivity contribution < 1.29 is 14.3 Å². The van der Waals surface area contributed by atoms with Crippen molar-refractivity contribution in [1.29, 1.82) is 0 Å². The molecule has 0 saturated carbocycles. The van der Waals surface area contributed by atoms with Crippen molar-refractivity contribution in [2.75, 3.05) is 19.0 Å². The average Bonchev–Trinajstić information content (AvgIpc) is 2.61. The number of nitrogens with zero attached hydrogens (tertiary/aromatic N) is 2. The van der Waals surface area contributed by atoms with E-state index >= 15 is 0 Å². The van der Waals surface area contributed by atoms with Gasteiger partial charge in [0.15, 0.2) is 0 Å². The second-order valence-corrected chi connectivity index (χ2v) is 3.56. The van der Waals surface area contributed by atoms with Crippen LogP contribution in [-0.2, 0) is 16.0 Å². The second kappa shape index (κ2) is 6.12. The van der Waals surface area contributed by atoms with E-state index in [0.29, 0.717) is 18.8 Å². The third-order valence-corrected chi connectivity index (χ3v) is 1.75. The number of hydrogen-bond acceptors (Lipinski definition) is 4. The molecule has 90 valence electrons. The zero-order valence-electron chi connectivity index (χ0n) is 9.77. The first kappa shape index (κ1) is 12.5. The molecule has 0 aliphatic carbocycles. The van der Waals surface area contributed by atoms with E-state index in [0.717, 1.165) is 0 Å². The number of carbonyl (C=O) groups is 1. The minimum absolute atomic E-state index is 0.136. The standard InChI is InChI=1S/C10H17N3O3/c1-8(2)16-10(14)12-9-6-11-13(7-9)4-5-15-3/h6-8H,4-5H2,1-3H3,(H,12,14). The highest BCUT2D eigenvalue weighted by atomic mass is 16.6. The third-order valence-electron chi connectivity index (χ3n) is 1.75. The van der Waals surface area contributed by atoms with Gasteiger partial charge in [0.1, 0.15) is 0 Å². The molecule has 1 N–H and O–H groups in total. The highest BCUT2D eigenvalue weighted by Gasteiger charge is 2.06. The van der Waals surface area contributed by atoms with Crippen LogP contribution in [-0.4, -0.2) is 35.7 Å². The summed E-state index contributed by atoms with van der Waals surface area (Å²) >= 11 is 0. The highest BCUT2D eigenvalue weighted by Crippen LogP contribution is 2.05. The Hall–Kier alpha value is -1.56. The van der Waals surface area contributed by atoms with Gasteiger partial charge in [-0.25, -0.2) is 4.79 Å². The van der Waals surface area contributed by atoms with Crippen molar-refractivity contribution in [1.82, 2.24) is 9.78 Å². The van der Waals surface area contributed by atoms with Crippen LogP contribution in [0.25, 0.3) is 0 Å². The van der Waals surface area contributed by atoms with Gasteiger partial charge in [-0.3, -0.25) is 10.00 Å². The minimum Gasteiger partial charge on any atom is -0.447 e. The molecule has 1 rings (SSSR count). The van der Waals surface area contributed by atoms with E-state index in [-0.39, 0.29) is 6.10 Å². The topological polar surface area (TPSA) is 65.4 Å². The molecule has 6 heteroatoms. The normalized spacial score (nSPS) is 10.5. The van der Waals surface area contributed by atoms with Gasteiger partial charge in [0.05, 0.1) is 31.1 Å². The number of aromatic nitrogens is 2. The van der Waals surface area contributed by atoms with E-state index in [9.17, 15) is 4.79 Å². The molecule has 0 atom stereocenters. The number of hydrogen-bond donors (Lipinski definition) is 1. The summed E-state index contributed by atoms with van der Waals surface area (Å²) in [4.78, 5) is 11.3. The zero-order valence-corrected chi connectivity index (χ0v) is 9.77. The van der Waals surface area contributed by atoms with Crippen molar-refractivity contribution in [2.24, 2.45) is 0 Å². The summed E-state index contributed by atoms with van der Waals surface area (Å²) < 4.78 is 11.5. The molecule has 0 spiro atoms. The maximum atomic E-state index is 11.3. The molecular weight excluding hydrogens is 210 g/mol. The summed E-state index contributed by atoms with van der Waals surface area (Å²) in [6.07, 6.45) is 2.68. The largest absolute Gasteiger partial charge is 0.447 e. The summed E-state index contributed by atoms with van der Waals surface area (Å²) in [6, 6.07) is 0. The minimum atomic E-state index is -0.471. The number of anilines is 1. The summed E-state index contributed by atoms with van der Waals surface area (Å²) in [5.74, 6) is 0. The molecule has 1 amide bonds. The van der Waals surface area contributed by atoms with Crippen LogP contribution in [0.2, 0.25) is 0 Å². The van der Waals surface area contributed by atoms with Crippen molar-refractivity contribution in [3.05, 3.63) is 12.4 Å². The van der Waals surface area contributed by atoms with Gasteiger partial charge in [0.2, 0.25) is 0 Å². The van der Waals surface area contributed by atoms with Gasteiger partial charge in [0, 0.05) is 13.3 Å². The van der Waals surface area contributed by atoms with Crippen molar-refractivity contribution in [3.63, 3.8) is 0 Å². The molecular formula is C10H17N3O3. The van der Waals surface area contributed by atoms with E-state index in [2.05, 4.69) is 10.4 Å². The van der Waals surface area contributed by atoms with Gasteiger partial charge < -0.3 is 9.47 Å². The number of carbonyl (C=O) groups excluding carboxylic acids is 1. The molecule has 1 aromatic rings. The SMILES string of the molecule is COCCn1cc(NC(=O)OC(C)C)cn1. The third kappa shape index (κ3) is 4.31. The van der Waals surface area contributed by atoms with Gasteiger partial charge in [-0.1, -0.05) is 0 Å². The molecule has 0 saturated heterocycles. The summed E-state index contributed by atoms with van der Waals surface area (Å²) in [5.41, 5.74) is 0.613. The first-order valence-electron chi connectivity index (χ1n) is 5.11. The predicted octanol–water partition coefficient (Wildman–Crippen LogP) is 1.49. The molecule has 1 aromatic heterocycles. The Kier molecular flexibility index (Phi) is 4.78. The van der Waals surface area contributed by atoms with Gasteiger partial charge in [-0.05, 0) is 13.8 Å². The molecule has 0 radical (unpaired) electrons. The van der Waals surface area contributed by atoms with Crippen LogP contribution < -0.4 is 5.32 Å². The Morgan fingerprint density at radius 2 is 2.38 bits per heavy atom. The monoisotopic (exact) mass is 227 g/mol. The summed E-state index contributed by atoms with van der Waals surface area (Å²) in [5, 5.41) is 6.64. The first-order valence-corrected chi connectivity index (χ1v) is 5.11. The van der Waals surface area contributed by atoms with Crippen LogP contribution in [0.5, 0.6) is 0 Å². The molecule has 16 heavy (non-hydrogen) atoms. The van der Waals surface area contributed by atoms with Crippen molar-refractivity contribution in [3.8, 4) is 0 Å². The van der Waals surface area contributed by atoms with E-state index < -0.39 is 6.09 Å². The smallest absolute Gasteiger partial charge is 0.411 e.